The highest BCUT2D eigenvalue weighted by Gasteiger charge is 2.38. The maximum atomic E-state index is 13.9. The molecule has 0 bridgehead atoms. The molecule has 2 aliphatic heterocycles. The molecule has 2 aliphatic rings. The Morgan fingerprint density at radius 1 is 0.978 bits per heavy atom. The summed E-state index contributed by atoms with van der Waals surface area (Å²) < 4.78 is 6.00. The van der Waals surface area contributed by atoms with E-state index in [2.05, 4.69) is 17.1 Å². The van der Waals surface area contributed by atoms with E-state index in [0.29, 0.717) is 25.0 Å². The van der Waals surface area contributed by atoms with E-state index in [-0.39, 0.29) is 53.7 Å². The number of nitrogens with one attached hydrogen (secondary N) is 1. The first-order valence-corrected chi connectivity index (χ1v) is 16.9. The molecule has 1 unspecified atom stereocenters. The van der Waals surface area contributed by atoms with Gasteiger partial charge in [0.15, 0.2) is 0 Å². The number of rotatable bonds is 13. The van der Waals surface area contributed by atoms with Crippen molar-refractivity contribution >= 4 is 23.7 Å². The summed E-state index contributed by atoms with van der Waals surface area (Å²) in [4.78, 5) is 59.6. The van der Waals surface area contributed by atoms with Crippen LogP contribution in [-0.4, -0.2) is 89.7 Å². The van der Waals surface area contributed by atoms with Gasteiger partial charge >= 0.3 is 5.97 Å². The summed E-state index contributed by atoms with van der Waals surface area (Å²) in [6, 6.07) is 7.81. The number of carbonyl (C=O) groups is 4. The second-order valence-corrected chi connectivity index (χ2v) is 13.5. The number of ether oxygens (including phenoxy) is 1. The summed E-state index contributed by atoms with van der Waals surface area (Å²) in [7, 11) is 3.70. The van der Waals surface area contributed by atoms with E-state index in [4.69, 9.17) is 4.74 Å². The number of likely N-dealkylation sites (tertiary alicyclic amines) is 2. The second-order valence-electron chi connectivity index (χ2n) is 13.5. The molecule has 0 spiro atoms. The van der Waals surface area contributed by atoms with Crippen LogP contribution in [-0.2, 0) is 23.9 Å². The van der Waals surface area contributed by atoms with Crippen LogP contribution in [0.2, 0.25) is 0 Å². The predicted molar refractivity (Wildman–Crippen MR) is 177 cm³/mol. The summed E-state index contributed by atoms with van der Waals surface area (Å²) in [5.74, 6) is -0.987. The number of benzene rings is 1. The van der Waals surface area contributed by atoms with Crippen molar-refractivity contribution in [3.63, 3.8) is 0 Å². The number of esters is 1. The molecule has 2 saturated heterocycles. The highest BCUT2D eigenvalue weighted by molar-refractivity contribution is 5.96. The Morgan fingerprint density at radius 2 is 1.64 bits per heavy atom. The molecule has 1 aromatic carbocycles. The minimum absolute atomic E-state index is 0.00899. The summed E-state index contributed by atoms with van der Waals surface area (Å²) >= 11 is 0. The SMILES string of the molecule is CCC[C@@H](OC(=O)[C@@H]1CCCN1C(=O)C(C)=C[C@H](C(C)C)N(C)C(=O)[C@@H](NC(=O)C1CCCCN1C)C(C)C)c1ccccc1. The van der Waals surface area contributed by atoms with Crippen molar-refractivity contribution in [1.29, 1.82) is 0 Å². The number of nitrogens with zero attached hydrogens (tertiary/aromatic N) is 3. The monoisotopic (exact) mass is 624 g/mol. The van der Waals surface area contributed by atoms with E-state index >= 15 is 0 Å². The van der Waals surface area contributed by atoms with Gasteiger partial charge in [0.2, 0.25) is 17.7 Å². The lowest BCUT2D eigenvalue weighted by molar-refractivity contribution is -0.158. The molecule has 0 saturated carbocycles. The van der Waals surface area contributed by atoms with Crippen LogP contribution in [0.25, 0.3) is 0 Å². The van der Waals surface area contributed by atoms with E-state index in [1.54, 1.807) is 23.8 Å². The van der Waals surface area contributed by atoms with Crippen molar-refractivity contribution in [3.05, 3.63) is 47.5 Å². The van der Waals surface area contributed by atoms with Gasteiger partial charge in [-0.15, -0.1) is 0 Å². The molecule has 3 amide bonds. The molecule has 2 heterocycles. The standard InChI is InChI=1S/C36H56N4O5/c1-9-16-31(27-17-11-10-12-18-27)45-36(44)29-20-15-22-40(29)34(42)26(6)23-30(24(2)3)39(8)35(43)32(25(4)5)37-33(41)28-19-13-14-21-38(28)7/h10-12,17-18,23-25,28-32H,9,13-16,19-22H2,1-8H3,(H,37,41)/t28?,29-,30+,31+,32-/m0/s1. The second kappa shape index (κ2) is 16.9. The number of amides is 3. The van der Waals surface area contributed by atoms with E-state index in [0.717, 1.165) is 44.2 Å². The van der Waals surface area contributed by atoms with Crippen LogP contribution in [0.5, 0.6) is 0 Å². The van der Waals surface area contributed by atoms with Crippen molar-refractivity contribution in [2.24, 2.45) is 11.8 Å². The molecule has 1 N–H and O–H groups in total. The van der Waals surface area contributed by atoms with Gasteiger partial charge in [-0.1, -0.05) is 83.9 Å². The van der Waals surface area contributed by atoms with Crippen molar-refractivity contribution in [2.45, 2.75) is 117 Å². The third-order valence-corrected chi connectivity index (χ3v) is 9.31. The fourth-order valence-electron chi connectivity index (χ4n) is 6.54. The molecule has 5 atom stereocenters. The predicted octanol–water partition coefficient (Wildman–Crippen LogP) is 5.12. The van der Waals surface area contributed by atoms with Gasteiger partial charge in [0, 0.05) is 19.2 Å². The van der Waals surface area contributed by atoms with E-state index in [9.17, 15) is 19.2 Å². The van der Waals surface area contributed by atoms with Crippen molar-refractivity contribution in [3.8, 4) is 0 Å². The zero-order chi connectivity index (χ0) is 33.3. The normalized spacial score (nSPS) is 21.4. The van der Waals surface area contributed by atoms with Gasteiger partial charge in [-0.05, 0) is 70.0 Å². The highest BCUT2D eigenvalue weighted by atomic mass is 16.5. The fraction of sp³-hybridized carbons (Fsp3) is 0.667. The first-order chi connectivity index (χ1) is 21.4. The third kappa shape index (κ3) is 9.41. The molecule has 1 aromatic rings. The van der Waals surface area contributed by atoms with Gasteiger partial charge in [-0.3, -0.25) is 19.3 Å². The molecular weight excluding hydrogens is 568 g/mol. The van der Waals surface area contributed by atoms with Crippen molar-refractivity contribution in [1.82, 2.24) is 20.0 Å². The quantitative estimate of drug-likeness (QED) is 0.242. The zero-order valence-electron chi connectivity index (χ0n) is 28.8. The first-order valence-electron chi connectivity index (χ1n) is 16.9. The van der Waals surface area contributed by atoms with Gasteiger partial charge in [0.25, 0.3) is 0 Å². The fourth-order valence-corrected chi connectivity index (χ4v) is 6.54. The van der Waals surface area contributed by atoms with E-state index < -0.39 is 12.1 Å². The van der Waals surface area contributed by atoms with Crippen LogP contribution >= 0.6 is 0 Å². The number of likely N-dealkylation sites (N-methyl/N-ethyl adjacent to an activating group) is 2. The zero-order valence-corrected chi connectivity index (χ0v) is 28.8. The van der Waals surface area contributed by atoms with Crippen LogP contribution in [0.15, 0.2) is 42.0 Å². The molecular formula is C36H56N4O5. The molecule has 0 aliphatic carbocycles. The summed E-state index contributed by atoms with van der Waals surface area (Å²) in [6.45, 7) is 13.0. The molecule has 9 nitrogen and oxygen atoms in total. The molecule has 0 aromatic heterocycles. The molecule has 3 rings (SSSR count). The van der Waals surface area contributed by atoms with Gasteiger partial charge in [-0.25, -0.2) is 4.79 Å². The first kappa shape index (κ1) is 36.3. The maximum absolute atomic E-state index is 13.9. The molecule has 9 heteroatoms. The van der Waals surface area contributed by atoms with Gasteiger partial charge in [-0.2, -0.15) is 0 Å². The summed E-state index contributed by atoms with van der Waals surface area (Å²) in [6.07, 6.45) is 7.20. The number of carbonyl (C=O) groups excluding carboxylic acids is 4. The lowest BCUT2D eigenvalue weighted by Crippen LogP contribution is -2.57. The maximum Gasteiger partial charge on any atom is 0.329 e. The molecule has 0 radical (unpaired) electrons. The lowest BCUT2D eigenvalue weighted by Gasteiger charge is -2.36. The molecule has 45 heavy (non-hydrogen) atoms. The number of hydrogen-bond acceptors (Lipinski definition) is 6. The Morgan fingerprint density at radius 3 is 2.24 bits per heavy atom. The van der Waals surface area contributed by atoms with Crippen LogP contribution in [0, 0.1) is 11.8 Å². The molecule has 250 valence electrons. The average Bonchev–Trinajstić information content (AvgIpc) is 3.51. The van der Waals surface area contributed by atoms with Crippen LogP contribution < -0.4 is 5.32 Å². The average molecular weight is 625 g/mol. The van der Waals surface area contributed by atoms with Crippen LogP contribution in [0.4, 0.5) is 0 Å². The number of piperidine rings is 1. The Balaban J connectivity index is 1.73. The highest BCUT2D eigenvalue weighted by Crippen LogP contribution is 2.28. The molecule has 2 fully saturated rings. The Labute approximate surface area is 270 Å². The Hall–Kier alpha value is -3.20. The van der Waals surface area contributed by atoms with Gasteiger partial charge in [0.05, 0.1) is 12.1 Å². The van der Waals surface area contributed by atoms with E-state index in [1.165, 1.54) is 0 Å². The van der Waals surface area contributed by atoms with Crippen LogP contribution in [0.1, 0.15) is 98.2 Å². The third-order valence-electron chi connectivity index (χ3n) is 9.31. The van der Waals surface area contributed by atoms with Crippen LogP contribution in [0.3, 0.4) is 0 Å². The van der Waals surface area contributed by atoms with Crippen molar-refractivity contribution < 1.29 is 23.9 Å². The minimum atomic E-state index is -0.679. The lowest BCUT2D eigenvalue weighted by atomic mass is 9.96. The van der Waals surface area contributed by atoms with Gasteiger partial charge < -0.3 is 19.9 Å². The number of hydrogen-bond donors (Lipinski definition) is 1. The summed E-state index contributed by atoms with van der Waals surface area (Å²) in [5, 5.41) is 3.05. The summed E-state index contributed by atoms with van der Waals surface area (Å²) in [5.41, 5.74) is 1.43. The topological polar surface area (TPSA) is 99.3 Å². The largest absolute Gasteiger partial charge is 0.456 e. The smallest absolute Gasteiger partial charge is 0.329 e. The van der Waals surface area contributed by atoms with Gasteiger partial charge in [0.1, 0.15) is 18.2 Å². The van der Waals surface area contributed by atoms with E-state index in [1.807, 2.05) is 71.2 Å². The Bertz CT molecular complexity index is 1180. The minimum Gasteiger partial charge on any atom is -0.456 e. The Kier molecular flexibility index (Phi) is 13.6. The van der Waals surface area contributed by atoms with Crippen molar-refractivity contribution in [2.75, 3.05) is 27.2 Å².